The van der Waals surface area contributed by atoms with E-state index in [2.05, 4.69) is 17.2 Å². The van der Waals surface area contributed by atoms with Crippen molar-refractivity contribution in [2.75, 3.05) is 13.2 Å². The van der Waals surface area contributed by atoms with Crippen molar-refractivity contribution in [2.45, 2.75) is 45.1 Å². The molecular formula is C14H26N2O7. The lowest BCUT2D eigenvalue weighted by atomic mass is 10.0. The summed E-state index contributed by atoms with van der Waals surface area (Å²) in [5.74, 6) is -0.621. The summed E-state index contributed by atoms with van der Waals surface area (Å²) in [7, 11) is 0. The van der Waals surface area contributed by atoms with Gasteiger partial charge in [-0.1, -0.05) is 6.58 Å². The zero-order chi connectivity index (χ0) is 18.6. The summed E-state index contributed by atoms with van der Waals surface area (Å²) < 4.78 is 0. The smallest absolute Gasteiger partial charge is 0.246 e. The van der Waals surface area contributed by atoms with E-state index in [-0.39, 0.29) is 12.2 Å². The molecule has 0 aromatic carbocycles. The van der Waals surface area contributed by atoms with Crippen molar-refractivity contribution in [1.29, 1.82) is 0 Å². The molecule has 0 heterocycles. The topological polar surface area (TPSA) is 156 Å². The Morgan fingerprint density at radius 1 is 1.17 bits per heavy atom. The quantitative estimate of drug-likeness (QED) is 0.211. The number of aliphatic hydroxyl groups is 4. The van der Waals surface area contributed by atoms with Crippen LogP contribution in [-0.2, 0) is 14.4 Å². The minimum Gasteiger partial charge on any atom is -0.394 e. The summed E-state index contributed by atoms with van der Waals surface area (Å²) in [6.07, 6.45) is -4.72. The summed E-state index contributed by atoms with van der Waals surface area (Å²) in [6.45, 7) is 8.07. The summed E-state index contributed by atoms with van der Waals surface area (Å²) in [4.78, 5) is 31.6. The van der Waals surface area contributed by atoms with Crippen molar-refractivity contribution < 1.29 is 34.8 Å². The van der Waals surface area contributed by atoms with Crippen LogP contribution in [0, 0.1) is 0 Å². The molecule has 0 unspecified atom stereocenters. The molecule has 0 aliphatic heterocycles. The van der Waals surface area contributed by atoms with Gasteiger partial charge in [-0.05, 0) is 13.8 Å². The maximum Gasteiger partial charge on any atom is 0.246 e. The van der Waals surface area contributed by atoms with Crippen LogP contribution in [0.1, 0.15) is 20.8 Å². The van der Waals surface area contributed by atoms with Gasteiger partial charge in [0.05, 0.1) is 6.61 Å². The van der Waals surface area contributed by atoms with Gasteiger partial charge in [0, 0.05) is 19.0 Å². The van der Waals surface area contributed by atoms with E-state index in [1.54, 1.807) is 6.92 Å². The van der Waals surface area contributed by atoms with E-state index in [9.17, 15) is 24.6 Å². The zero-order valence-corrected chi connectivity index (χ0v) is 13.5. The molecule has 0 radical (unpaired) electrons. The van der Waals surface area contributed by atoms with Crippen LogP contribution >= 0.6 is 0 Å². The maximum atomic E-state index is 10.6. The Balaban J connectivity index is 0. The average molecular weight is 334 g/mol. The fraction of sp³-hybridized carbons (Fsp3) is 0.643. The fourth-order valence-electron chi connectivity index (χ4n) is 1.29. The number of likely N-dealkylation sites (N-methyl/N-ethyl adjacent to an activating group) is 1. The van der Waals surface area contributed by atoms with Crippen molar-refractivity contribution in [2.24, 2.45) is 0 Å². The fourth-order valence-corrected chi connectivity index (χ4v) is 1.29. The molecular weight excluding hydrogens is 308 g/mol. The average Bonchev–Trinajstić information content (AvgIpc) is 2.50. The standard InChI is InChI=1S/C8H15NO6.C6H11NO/c1-4(12)9-5(2-10)7(14)8(15)6(13)3-11;1-4-7-6(8)5(2)3/h2,5-8,11,13-15H,3H2,1H3,(H,9,12);2,4H2,1,3H3,(H,7,8)/t5-,6+,7+,8-;/m0./s1. The van der Waals surface area contributed by atoms with Gasteiger partial charge in [-0.3, -0.25) is 9.59 Å². The highest BCUT2D eigenvalue weighted by molar-refractivity contribution is 5.91. The Morgan fingerprint density at radius 3 is 1.96 bits per heavy atom. The van der Waals surface area contributed by atoms with Gasteiger partial charge in [-0.25, -0.2) is 0 Å². The zero-order valence-electron chi connectivity index (χ0n) is 13.5. The van der Waals surface area contributed by atoms with Crippen LogP contribution in [0.25, 0.3) is 0 Å². The minimum atomic E-state index is -1.71. The first-order valence-electron chi connectivity index (χ1n) is 6.93. The second-order valence-electron chi connectivity index (χ2n) is 4.73. The number of carbonyl (C=O) groups is 3. The number of amides is 2. The molecule has 0 saturated carbocycles. The lowest BCUT2D eigenvalue weighted by Gasteiger charge is -2.25. The normalized spacial score (nSPS) is 15.1. The molecule has 6 N–H and O–H groups in total. The molecule has 0 bridgehead atoms. The van der Waals surface area contributed by atoms with Crippen molar-refractivity contribution in [1.82, 2.24) is 10.6 Å². The predicted octanol–water partition coefficient (Wildman–Crippen LogP) is -2.54. The number of hydrogen-bond donors (Lipinski definition) is 6. The number of nitrogens with one attached hydrogen (secondary N) is 2. The molecule has 134 valence electrons. The minimum absolute atomic E-state index is 0.0625. The van der Waals surface area contributed by atoms with Crippen LogP contribution in [0.2, 0.25) is 0 Å². The maximum absolute atomic E-state index is 10.6. The van der Waals surface area contributed by atoms with Gasteiger partial charge in [0.15, 0.2) is 0 Å². The molecule has 2 amide bonds. The van der Waals surface area contributed by atoms with Crippen LogP contribution in [-0.4, -0.2) is 76.0 Å². The molecule has 0 spiro atoms. The molecule has 0 aliphatic rings. The highest BCUT2D eigenvalue weighted by Crippen LogP contribution is 2.03. The Morgan fingerprint density at radius 2 is 1.70 bits per heavy atom. The van der Waals surface area contributed by atoms with Crippen molar-refractivity contribution in [3.05, 3.63) is 12.2 Å². The summed E-state index contributed by atoms with van der Waals surface area (Å²) in [5.41, 5.74) is 0.562. The molecule has 0 aliphatic carbocycles. The van der Waals surface area contributed by atoms with Gasteiger partial charge in [-0.2, -0.15) is 0 Å². The Bertz CT molecular complexity index is 401. The van der Waals surface area contributed by atoms with Gasteiger partial charge >= 0.3 is 0 Å². The van der Waals surface area contributed by atoms with Crippen LogP contribution in [0.15, 0.2) is 12.2 Å². The third-order valence-corrected chi connectivity index (χ3v) is 2.54. The number of carbonyl (C=O) groups excluding carboxylic acids is 3. The van der Waals surface area contributed by atoms with Gasteiger partial charge in [0.1, 0.15) is 30.6 Å². The second kappa shape index (κ2) is 12.7. The van der Waals surface area contributed by atoms with Crippen LogP contribution in [0.5, 0.6) is 0 Å². The predicted molar refractivity (Wildman–Crippen MR) is 82.3 cm³/mol. The van der Waals surface area contributed by atoms with Gasteiger partial charge in [-0.15, -0.1) is 0 Å². The number of aldehydes is 1. The lowest BCUT2D eigenvalue weighted by molar-refractivity contribution is -0.129. The van der Waals surface area contributed by atoms with E-state index in [1.165, 1.54) is 0 Å². The molecule has 23 heavy (non-hydrogen) atoms. The third kappa shape index (κ3) is 10.5. The Labute approximate surface area is 135 Å². The van der Waals surface area contributed by atoms with Gasteiger partial charge in [0.25, 0.3) is 0 Å². The largest absolute Gasteiger partial charge is 0.394 e. The summed E-state index contributed by atoms with van der Waals surface area (Å²) >= 11 is 0. The molecule has 9 nitrogen and oxygen atoms in total. The van der Waals surface area contributed by atoms with Crippen LogP contribution in [0.3, 0.4) is 0 Å². The van der Waals surface area contributed by atoms with Gasteiger partial charge in [0.2, 0.25) is 11.8 Å². The lowest BCUT2D eigenvalue weighted by Crippen LogP contribution is -2.53. The van der Waals surface area contributed by atoms with Gasteiger partial charge < -0.3 is 35.9 Å². The molecule has 0 fully saturated rings. The SMILES string of the molecule is C=C(C)C(=O)NCC.CC(=O)N[C@@H](C=O)[C@@H](O)[C@@H](O)[C@H](O)CO. The van der Waals surface area contributed by atoms with E-state index in [0.29, 0.717) is 12.1 Å². The van der Waals surface area contributed by atoms with Crippen molar-refractivity contribution in [3.8, 4) is 0 Å². The van der Waals surface area contributed by atoms with Crippen LogP contribution < -0.4 is 10.6 Å². The van der Waals surface area contributed by atoms with E-state index >= 15 is 0 Å². The number of aliphatic hydroxyl groups excluding tert-OH is 4. The molecule has 0 rings (SSSR count). The Kier molecular flexibility index (Phi) is 13.0. The highest BCUT2D eigenvalue weighted by atomic mass is 16.4. The van der Waals surface area contributed by atoms with Crippen molar-refractivity contribution >= 4 is 18.1 Å². The van der Waals surface area contributed by atoms with E-state index in [1.807, 2.05) is 6.92 Å². The Hall–Kier alpha value is -1.81. The molecule has 0 saturated heterocycles. The second-order valence-corrected chi connectivity index (χ2v) is 4.73. The number of hydrogen-bond acceptors (Lipinski definition) is 7. The van der Waals surface area contributed by atoms with E-state index in [0.717, 1.165) is 6.92 Å². The third-order valence-electron chi connectivity index (χ3n) is 2.54. The molecule has 0 aromatic heterocycles. The summed E-state index contributed by atoms with van der Waals surface area (Å²) in [6, 6.07) is -1.32. The number of rotatable bonds is 8. The molecule has 4 atom stereocenters. The van der Waals surface area contributed by atoms with E-state index < -0.39 is 36.9 Å². The first-order valence-corrected chi connectivity index (χ1v) is 6.93. The molecule has 9 heteroatoms. The van der Waals surface area contributed by atoms with Crippen molar-refractivity contribution in [3.63, 3.8) is 0 Å². The monoisotopic (exact) mass is 334 g/mol. The van der Waals surface area contributed by atoms with Crippen LogP contribution in [0.4, 0.5) is 0 Å². The first kappa shape index (κ1) is 23.5. The summed E-state index contributed by atoms with van der Waals surface area (Å²) in [5, 5.41) is 40.8. The highest BCUT2D eigenvalue weighted by Gasteiger charge is 2.31. The van der Waals surface area contributed by atoms with E-state index in [4.69, 9.17) is 10.2 Å². The first-order chi connectivity index (χ1) is 10.6. The molecule has 0 aromatic rings.